The number of hydrogen-bond donors (Lipinski definition) is 0. The number of aromatic nitrogens is 2. The molecule has 0 spiro atoms. The number of carbonyl (C=O) groups is 2. The van der Waals surface area contributed by atoms with Gasteiger partial charge in [-0.1, -0.05) is 66.7 Å². The highest BCUT2D eigenvalue weighted by Gasteiger charge is 2.27. The number of imide groups is 1. The van der Waals surface area contributed by atoms with E-state index in [-0.39, 0.29) is 11.8 Å². The number of hydrogen-bond acceptors (Lipinski definition) is 2. The number of amides is 2. The fourth-order valence-electron chi connectivity index (χ4n) is 6.29. The molecule has 6 aromatic rings. The maximum atomic E-state index is 12.8. The highest BCUT2D eigenvalue weighted by molar-refractivity contribution is 6.28. The molecule has 39 heavy (non-hydrogen) atoms. The Morgan fingerprint density at radius 2 is 1.05 bits per heavy atom. The Kier molecular flexibility index (Phi) is 4.58. The van der Waals surface area contributed by atoms with E-state index in [0.717, 1.165) is 51.5 Å². The van der Waals surface area contributed by atoms with Crippen LogP contribution < -0.4 is 4.90 Å². The molecular formula is C34H23N3O2. The fourth-order valence-corrected chi connectivity index (χ4v) is 6.29. The van der Waals surface area contributed by atoms with Gasteiger partial charge in [0.2, 0.25) is 0 Å². The van der Waals surface area contributed by atoms with Crippen LogP contribution in [0.2, 0.25) is 0 Å². The van der Waals surface area contributed by atoms with Crippen LogP contribution in [0.15, 0.2) is 109 Å². The SMILES string of the molecule is O=C1C=CC(=O)N1c1cc(-n2c3c(c4ccccc42)C=CCC3)cc(-n2c3ccccc3c3ccccc32)c1. The molecule has 1 aliphatic heterocycles. The van der Waals surface area contributed by atoms with Crippen molar-refractivity contribution in [3.8, 4) is 11.4 Å². The van der Waals surface area contributed by atoms with Gasteiger partial charge in [-0.2, -0.15) is 0 Å². The van der Waals surface area contributed by atoms with Gasteiger partial charge in [-0.25, -0.2) is 4.90 Å². The van der Waals surface area contributed by atoms with Gasteiger partial charge in [0.25, 0.3) is 11.8 Å². The number of carbonyl (C=O) groups excluding carboxylic acids is 2. The highest BCUT2D eigenvalue weighted by atomic mass is 16.2. The van der Waals surface area contributed by atoms with Crippen molar-refractivity contribution in [3.05, 3.63) is 120 Å². The minimum absolute atomic E-state index is 0.326. The summed E-state index contributed by atoms with van der Waals surface area (Å²) in [5.74, 6) is -0.653. The Morgan fingerprint density at radius 1 is 0.538 bits per heavy atom. The summed E-state index contributed by atoms with van der Waals surface area (Å²) in [5, 5.41) is 3.51. The van der Waals surface area contributed by atoms with E-state index in [0.29, 0.717) is 5.69 Å². The molecule has 3 heterocycles. The minimum Gasteiger partial charge on any atom is -0.313 e. The van der Waals surface area contributed by atoms with Crippen molar-refractivity contribution in [1.82, 2.24) is 9.13 Å². The summed E-state index contributed by atoms with van der Waals surface area (Å²) < 4.78 is 4.53. The molecule has 0 bridgehead atoms. The second kappa shape index (κ2) is 8.17. The first-order chi connectivity index (χ1) is 19.2. The van der Waals surface area contributed by atoms with Crippen LogP contribution in [-0.4, -0.2) is 20.9 Å². The van der Waals surface area contributed by atoms with Crippen molar-refractivity contribution < 1.29 is 9.59 Å². The molecule has 2 aromatic heterocycles. The number of anilines is 1. The molecule has 0 saturated heterocycles. The number of rotatable bonds is 3. The van der Waals surface area contributed by atoms with Gasteiger partial charge in [0.1, 0.15) is 0 Å². The van der Waals surface area contributed by atoms with Gasteiger partial charge in [-0.3, -0.25) is 9.59 Å². The van der Waals surface area contributed by atoms with Crippen LogP contribution in [-0.2, 0) is 16.0 Å². The van der Waals surface area contributed by atoms with Gasteiger partial charge in [0.05, 0.1) is 33.6 Å². The lowest BCUT2D eigenvalue weighted by Gasteiger charge is -2.20. The number of benzene rings is 4. The molecule has 0 radical (unpaired) electrons. The molecule has 186 valence electrons. The summed E-state index contributed by atoms with van der Waals surface area (Å²) in [6.45, 7) is 0. The lowest BCUT2D eigenvalue weighted by atomic mass is 10.0. The van der Waals surface area contributed by atoms with E-state index in [2.05, 4.69) is 88.0 Å². The van der Waals surface area contributed by atoms with E-state index < -0.39 is 0 Å². The molecule has 1 aliphatic carbocycles. The van der Waals surface area contributed by atoms with E-state index in [1.165, 1.54) is 33.7 Å². The Morgan fingerprint density at radius 3 is 1.69 bits per heavy atom. The zero-order valence-corrected chi connectivity index (χ0v) is 21.0. The van der Waals surface area contributed by atoms with Gasteiger partial charge in [0.15, 0.2) is 0 Å². The first-order valence-electron chi connectivity index (χ1n) is 13.2. The average molecular weight is 506 g/mol. The Balaban J connectivity index is 1.48. The van der Waals surface area contributed by atoms with Gasteiger partial charge in [-0.05, 0) is 49.2 Å². The molecular weight excluding hydrogens is 482 g/mol. The molecule has 0 atom stereocenters. The summed E-state index contributed by atoms with van der Waals surface area (Å²) in [7, 11) is 0. The molecule has 0 saturated carbocycles. The van der Waals surface area contributed by atoms with Crippen molar-refractivity contribution in [3.63, 3.8) is 0 Å². The smallest absolute Gasteiger partial charge is 0.258 e. The lowest BCUT2D eigenvalue weighted by Crippen LogP contribution is -2.29. The standard InChI is InChI=1S/C34H23N3O2/c38-33-17-18-34(39)37(33)24-20-22(35-29-13-5-1-9-25(29)26-10-2-6-14-30(26)35)19-23(21-24)36-31-15-7-3-11-27(31)28-12-4-8-16-32(28)36/h1-7,9-15,17-21H,8,16H2. The quantitative estimate of drug-likeness (QED) is 0.241. The largest absolute Gasteiger partial charge is 0.313 e. The molecule has 2 aliphatic rings. The van der Waals surface area contributed by atoms with Crippen LogP contribution in [0.5, 0.6) is 0 Å². The van der Waals surface area contributed by atoms with Crippen LogP contribution >= 0.6 is 0 Å². The molecule has 2 amide bonds. The summed E-state index contributed by atoms with van der Waals surface area (Å²) in [6, 6.07) is 31.2. The predicted molar refractivity (Wildman–Crippen MR) is 157 cm³/mol. The zero-order valence-electron chi connectivity index (χ0n) is 21.0. The molecule has 0 unspecified atom stereocenters. The molecule has 5 nitrogen and oxygen atoms in total. The van der Waals surface area contributed by atoms with E-state index in [1.54, 1.807) is 0 Å². The average Bonchev–Trinajstić information content (AvgIpc) is 3.61. The maximum Gasteiger partial charge on any atom is 0.258 e. The number of fused-ring (bicyclic) bond motifs is 6. The van der Waals surface area contributed by atoms with Crippen molar-refractivity contribution >= 4 is 56.3 Å². The molecule has 8 rings (SSSR count). The van der Waals surface area contributed by atoms with Crippen LogP contribution in [0.25, 0.3) is 50.2 Å². The van der Waals surface area contributed by atoms with Gasteiger partial charge < -0.3 is 9.13 Å². The maximum absolute atomic E-state index is 12.8. The normalized spacial score (nSPS) is 14.8. The van der Waals surface area contributed by atoms with Crippen molar-refractivity contribution in [2.24, 2.45) is 0 Å². The van der Waals surface area contributed by atoms with Crippen LogP contribution in [0.1, 0.15) is 17.7 Å². The zero-order chi connectivity index (χ0) is 26.1. The summed E-state index contributed by atoms with van der Waals surface area (Å²) in [4.78, 5) is 27.0. The van der Waals surface area contributed by atoms with Crippen molar-refractivity contribution in [2.75, 3.05) is 4.90 Å². The Labute approximate surface area is 224 Å². The fraction of sp³-hybridized carbons (Fsp3) is 0.0588. The van der Waals surface area contributed by atoms with E-state index >= 15 is 0 Å². The monoisotopic (exact) mass is 505 g/mol. The Hall–Kier alpha value is -5.16. The molecule has 0 fully saturated rings. The second-order valence-corrected chi connectivity index (χ2v) is 10.1. The van der Waals surface area contributed by atoms with Crippen LogP contribution in [0.3, 0.4) is 0 Å². The van der Waals surface area contributed by atoms with E-state index in [1.807, 2.05) is 24.3 Å². The summed E-state index contributed by atoms with van der Waals surface area (Å²) in [6.07, 6.45) is 9.01. The molecule has 4 aromatic carbocycles. The first-order valence-corrected chi connectivity index (χ1v) is 13.2. The number of para-hydroxylation sites is 3. The van der Waals surface area contributed by atoms with Crippen LogP contribution in [0.4, 0.5) is 5.69 Å². The molecule has 0 N–H and O–H groups in total. The van der Waals surface area contributed by atoms with Gasteiger partial charge in [0, 0.05) is 39.6 Å². The highest BCUT2D eigenvalue weighted by Crippen LogP contribution is 2.38. The van der Waals surface area contributed by atoms with Gasteiger partial charge >= 0.3 is 0 Å². The third kappa shape index (κ3) is 3.13. The van der Waals surface area contributed by atoms with E-state index in [4.69, 9.17) is 0 Å². The van der Waals surface area contributed by atoms with E-state index in [9.17, 15) is 9.59 Å². The number of allylic oxidation sites excluding steroid dienone is 1. The van der Waals surface area contributed by atoms with Crippen LogP contribution in [0, 0.1) is 0 Å². The second-order valence-electron chi connectivity index (χ2n) is 10.1. The summed E-state index contributed by atoms with van der Waals surface area (Å²) in [5.41, 5.74) is 8.09. The Bertz CT molecular complexity index is 2000. The summed E-state index contributed by atoms with van der Waals surface area (Å²) >= 11 is 0. The topological polar surface area (TPSA) is 47.2 Å². The lowest BCUT2D eigenvalue weighted by molar-refractivity contribution is -0.119. The molecule has 5 heteroatoms. The minimum atomic E-state index is -0.326. The first kappa shape index (κ1) is 21.9. The van der Waals surface area contributed by atoms with Gasteiger partial charge in [-0.15, -0.1) is 0 Å². The number of nitrogens with zero attached hydrogens (tertiary/aromatic N) is 3. The van der Waals surface area contributed by atoms with Crippen molar-refractivity contribution in [1.29, 1.82) is 0 Å². The third-order valence-electron chi connectivity index (χ3n) is 7.90. The third-order valence-corrected chi connectivity index (χ3v) is 7.90. The van der Waals surface area contributed by atoms with Crippen molar-refractivity contribution in [2.45, 2.75) is 12.8 Å². The predicted octanol–water partition coefficient (Wildman–Crippen LogP) is 7.12.